The summed E-state index contributed by atoms with van der Waals surface area (Å²) in [6, 6.07) is 1.61. The molecule has 0 radical (unpaired) electrons. The van der Waals surface area contributed by atoms with Gasteiger partial charge in [-0.3, -0.25) is 4.79 Å². The first-order valence-electron chi connectivity index (χ1n) is 3.13. The summed E-state index contributed by atoms with van der Waals surface area (Å²) in [5.74, 6) is 0.0869. The molecule has 0 N–H and O–H groups in total. The summed E-state index contributed by atoms with van der Waals surface area (Å²) in [6.07, 6.45) is 0.493. The van der Waals surface area contributed by atoms with E-state index in [4.69, 9.17) is 23.2 Å². The molecule has 1 heterocycles. The van der Waals surface area contributed by atoms with Crippen molar-refractivity contribution in [2.24, 2.45) is 0 Å². The molecule has 0 spiro atoms. The second-order valence-electron chi connectivity index (χ2n) is 2.01. The normalized spacial score (nSPS) is 10.1. The van der Waals surface area contributed by atoms with Gasteiger partial charge < -0.3 is 0 Å². The van der Waals surface area contributed by atoms with Gasteiger partial charge in [0, 0.05) is 6.42 Å². The molecule has 11 heavy (non-hydrogen) atoms. The van der Waals surface area contributed by atoms with E-state index in [1.807, 2.05) is 6.92 Å². The van der Waals surface area contributed by atoms with Crippen LogP contribution in [0.2, 0.25) is 9.36 Å². The molecule has 0 aliphatic rings. The van der Waals surface area contributed by atoms with Crippen molar-refractivity contribution in [3.05, 3.63) is 20.3 Å². The van der Waals surface area contributed by atoms with E-state index in [0.717, 1.165) is 0 Å². The van der Waals surface area contributed by atoms with Gasteiger partial charge in [-0.2, -0.15) is 0 Å². The van der Waals surface area contributed by atoms with Gasteiger partial charge in [0.2, 0.25) is 0 Å². The first-order chi connectivity index (χ1) is 5.15. The lowest BCUT2D eigenvalue weighted by atomic mass is 10.3. The summed E-state index contributed by atoms with van der Waals surface area (Å²) in [4.78, 5) is 11.7. The molecule has 0 aromatic carbocycles. The maximum Gasteiger partial charge on any atom is 0.172 e. The van der Waals surface area contributed by atoms with Crippen molar-refractivity contribution in [2.75, 3.05) is 0 Å². The maximum atomic E-state index is 11.1. The molecule has 0 bridgehead atoms. The van der Waals surface area contributed by atoms with Crippen molar-refractivity contribution in [2.45, 2.75) is 13.3 Å². The Morgan fingerprint density at radius 1 is 1.64 bits per heavy atom. The Bertz CT molecular complexity index is 260. The molecule has 0 unspecified atom stereocenters. The van der Waals surface area contributed by atoms with Crippen LogP contribution < -0.4 is 0 Å². The van der Waals surface area contributed by atoms with Gasteiger partial charge >= 0.3 is 0 Å². The second kappa shape index (κ2) is 3.57. The summed E-state index contributed by atoms with van der Waals surface area (Å²) < 4.78 is 0.489. The van der Waals surface area contributed by atoms with Crippen LogP contribution >= 0.6 is 34.5 Å². The summed E-state index contributed by atoms with van der Waals surface area (Å²) in [5.41, 5.74) is 0. The molecule has 4 heteroatoms. The molecular formula is C7H6Cl2OS. The Morgan fingerprint density at radius 3 is 2.64 bits per heavy atom. The lowest BCUT2D eigenvalue weighted by molar-refractivity contribution is 0.0992. The molecule has 0 atom stereocenters. The van der Waals surface area contributed by atoms with Crippen LogP contribution in [0, 0.1) is 0 Å². The standard InChI is InChI=1S/C7H6Cl2OS/c1-2-5(10)6-3-4(8)7(9)11-6/h3H,2H2,1H3. The van der Waals surface area contributed by atoms with Crippen LogP contribution in [0.3, 0.4) is 0 Å². The fourth-order valence-electron chi connectivity index (χ4n) is 0.658. The fourth-order valence-corrected chi connectivity index (χ4v) is 2.04. The van der Waals surface area contributed by atoms with E-state index in [9.17, 15) is 4.79 Å². The van der Waals surface area contributed by atoms with E-state index in [1.165, 1.54) is 11.3 Å². The number of hydrogen-bond acceptors (Lipinski definition) is 2. The molecule has 0 amide bonds. The molecule has 1 aromatic heterocycles. The molecule has 1 nitrogen and oxygen atoms in total. The molecule has 0 saturated carbocycles. The Hall–Kier alpha value is -0.0500. The van der Waals surface area contributed by atoms with Gasteiger partial charge in [-0.1, -0.05) is 30.1 Å². The smallest absolute Gasteiger partial charge is 0.172 e. The lowest BCUT2D eigenvalue weighted by Crippen LogP contribution is -1.90. The van der Waals surface area contributed by atoms with Crippen LogP contribution in [0.25, 0.3) is 0 Å². The predicted molar refractivity (Wildman–Crippen MR) is 49.0 cm³/mol. The minimum Gasteiger partial charge on any atom is -0.293 e. The van der Waals surface area contributed by atoms with E-state index >= 15 is 0 Å². The monoisotopic (exact) mass is 208 g/mol. The summed E-state index contributed by atoms with van der Waals surface area (Å²) in [7, 11) is 0. The van der Waals surface area contributed by atoms with Gasteiger partial charge in [-0.25, -0.2) is 0 Å². The zero-order valence-corrected chi connectivity index (χ0v) is 8.19. The summed E-state index contributed by atoms with van der Waals surface area (Å²) >= 11 is 12.6. The largest absolute Gasteiger partial charge is 0.293 e. The van der Waals surface area contributed by atoms with Crippen molar-refractivity contribution in [3.63, 3.8) is 0 Å². The second-order valence-corrected chi connectivity index (χ2v) is 4.07. The van der Waals surface area contributed by atoms with Gasteiger partial charge in [0.15, 0.2) is 5.78 Å². The Morgan fingerprint density at radius 2 is 2.27 bits per heavy atom. The Labute approximate surface area is 78.9 Å². The van der Waals surface area contributed by atoms with Crippen molar-refractivity contribution in [3.8, 4) is 0 Å². The average Bonchev–Trinajstić information content (AvgIpc) is 2.31. The molecular weight excluding hydrogens is 203 g/mol. The van der Waals surface area contributed by atoms with E-state index in [0.29, 0.717) is 20.7 Å². The van der Waals surface area contributed by atoms with Gasteiger partial charge in [-0.05, 0) is 6.07 Å². The highest BCUT2D eigenvalue weighted by molar-refractivity contribution is 7.18. The fraction of sp³-hybridized carbons (Fsp3) is 0.286. The minimum atomic E-state index is 0.0869. The van der Waals surface area contributed by atoms with Crippen molar-refractivity contribution >= 4 is 40.3 Å². The topological polar surface area (TPSA) is 17.1 Å². The molecule has 0 saturated heterocycles. The first kappa shape index (κ1) is 9.04. The maximum absolute atomic E-state index is 11.1. The molecule has 0 fully saturated rings. The number of rotatable bonds is 2. The zero-order chi connectivity index (χ0) is 8.43. The first-order valence-corrected chi connectivity index (χ1v) is 4.70. The molecule has 60 valence electrons. The third-order valence-corrected chi connectivity index (χ3v) is 3.15. The zero-order valence-electron chi connectivity index (χ0n) is 5.86. The highest BCUT2D eigenvalue weighted by atomic mass is 35.5. The van der Waals surface area contributed by atoms with E-state index in [1.54, 1.807) is 6.07 Å². The SMILES string of the molecule is CCC(=O)c1cc(Cl)c(Cl)s1. The molecule has 0 aliphatic carbocycles. The van der Waals surface area contributed by atoms with E-state index in [-0.39, 0.29) is 5.78 Å². The Kier molecular flexibility index (Phi) is 2.93. The predicted octanol–water partition coefficient (Wildman–Crippen LogP) is 3.65. The molecule has 0 aliphatic heterocycles. The highest BCUT2D eigenvalue weighted by Gasteiger charge is 2.09. The van der Waals surface area contributed by atoms with Gasteiger partial charge in [0.25, 0.3) is 0 Å². The molecule has 1 aromatic rings. The van der Waals surface area contributed by atoms with Crippen LogP contribution in [0.1, 0.15) is 23.0 Å². The van der Waals surface area contributed by atoms with Crippen LogP contribution in [0.15, 0.2) is 6.07 Å². The minimum absolute atomic E-state index is 0.0869. The number of Topliss-reactive ketones (excluding diaryl/α,β-unsaturated/α-hetero) is 1. The highest BCUT2D eigenvalue weighted by Crippen LogP contribution is 2.31. The number of ketones is 1. The quantitative estimate of drug-likeness (QED) is 0.679. The summed E-state index contributed by atoms with van der Waals surface area (Å²) in [6.45, 7) is 1.81. The van der Waals surface area contributed by atoms with Crippen molar-refractivity contribution in [1.29, 1.82) is 0 Å². The third kappa shape index (κ3) is 1.95. The van der Waals surface area contributed by atoms with Crippen LogP contribution in [-0.4, -0.2) is 5.78 Å². The van der Waals surface area contributed by atoms with Gasteiger partial charge in [-0.15, -0.1) is 11.3 Å². The average molecular weight is 209 g/mol. The lowest BCUT2D eigenvalue weighted by Gasteiger charge is -1.86. The Balaban J connectivity index is 2.97. The number of hydrogen-bond donors (Lipinski definition) is 0. The van der Waals surface area contributed by atoms with Crippen molar-refractivity contribution < 1.29 is 4.79 Å². The number of carbonyl (C=O) groups is 1. The summed E-state index contributed by atoms with van der Waals surface area (Å²) in [5, 5.41) is 0.466. The number of halogens is 2. The van der Waals surface area contributed by atoms with E-state index in [2.05, 4.69) is 0 Å². The number of thiophene rings is 1. The van der Waals surface area contributed by atoms with Gasteiger partial charge in [0.1, 0.15) is 4.34 Å². The van der Waals surface area contributed by atoms with Crippen LogP contribution in [-0.2, 0) is 0 Å². The third-order valence-electron chi connectivity index (χ3n) is 1.24. The number of carbonyl (C=O) groups excluding carboxylic acids is 1. The van der Waals surface area contributed by atoms with Crippen LogP contribution in [0.4, 0.5) is 0 Å². The van der Waals surface area contributed by atoms with E-state index < -0.39 is 0 Å². The molecule has 1 rings (SSSR count). The van der Waals surface area contributed by atoms with Crippen molar-refractivity contribution in [1.82, 2.24) is 0 Å². The van der Waals surface area contributed by atoms with Gasteiger partial charge in [0.05, 0.1) is 9.90 Å². The van der Waals surface area contributed by atoms with Crippen LogP contribution in [0.5, 0.6) is 0 Å².